The number of pyridine rings is 2. The molecule has 128 valence electrons. The molecule has 1 aromatic carbocycles. The maximum absolute atomic E-state index is 4.73. The summed E-state index contributed by atoms with van der Waals surface area (Å²) >= 11 is 0. The molecule has 0 amide bonds. The van der Waals surface area contributed by atoms with Crippen molar-refractivity contribution in [3.8, 4) is 22.6 Å². The lowest BCUT2D eigenvalue weighted by Gasteiger charge is -1.98. The van der Waals surface area contributed by atoms with E-state index >= 15 is 0 Å². The summed E-state index contributed by atoms with van der Waals surface area (Å²) in [6.45, 7) is 0. The van der Waals surface area contributed by atoms with Crippen LogP contribution >= 0.6 is 0 Å². The van der Waals surface area contributed by atoms with E-state index in [-0.39, 0.29) is 0 Å². The van der Waals surface area contributed by atoms with E-state index in [0.29, 0.717) is 0 Å². The predicted octanol–water partition coefficient (Wildman–Crippen LogP) is 3.59. The van der Waals surface area contributed by atoms with Gasteiger partial charge >= 0.3 is 0 Å². The topological polar surface area (TPSA) is 76.2 Å². The van der Waals surface area contributed by atoms with Crippen molar-refractivity contribution >= 4 is 22.3 Å². The number of H-pyrrole nitrogens is 1. The Morgan fingerprint density at radius 1 is 0.852 bits per heavy atom. The van der Waals surface area contributed by atoms with Crippen molar-refractivity contribution in [3.05, 3.63) is 73.4 Å². The zero-order valence-electron chi connectivity index (χ0n) is 14.1. The smallest absolute Gasteiger partial charge is 0.155 e. The fraction of sp³-hybridized carbons (Fsp3) is 0. The molecule has 1 N–H and O–H groups in total. The third kappa shape index (κ3) is 2.22. The van der Waals surface area contributed by atoms with Crippen LogP contribution in [0.15, 0.2) is 73.4 Å². The van der Waals surface area contributed by atoms with Gasteiger partial charge in [-0.15, -0.1) is 0 Å². The highest BCUT2D eigenvalue weighted by Crippen LogP contribution is 2.24. The molecular weight excluding hydrogens is 338 g/mol. The Morgan fingerprint density at radius 2 is 1.81 bits per heavy atom. The minimum atomic E-state index is 0.799. The van der Waals surface area contributed by atoms with Crippen molar-refractivity contribution in [2.75, 3.05) is 0 Å². The van der Waals surface area contributed by atoms with Crippen molar-refractivity contribution in [1.82, 2.24) is 34.0 Å². The second-order valence-electron chi connectivity index (χ2n) is 6.39. The maximum Gasteiger partial charge on any atom is 0.155 e. The van der Waals surface area contributed by atoms with Gasteiger partial charge in [-0.3, -0.25) is 0 Å². The van der Waals surface area contributed by atoms with Crippen LogP contribution in [0.2, 0.25) is 0 Å². The molecule has 0 atom stereocenters. The van der Waals surface area contributed by atoms with Gasteiger partial charge < -0.3 is 9.38 Å². The molecular formula is C20H13N7. The molecule has 0 bridgehead atoms. The molecule has 5 aromatic heterocycles. The van der Waals surface area contributed by atoms with Crippen LogP contribution in [-0.4, -0.2) is 34.0 Å². The first-order chi connectivity index (χ1) is 13.3. The molecule has 0 fully saturated rings. The molecule has 6 aromatic rings. The summed E-state index contributed by atoms with van der Waals surface area (Å²) in [7, 11) is 0. The van der Waals surface area contributed by atoms with Crippen molar-refractivity contribution in [2.45, 2.75) is 0 Å². The maximum atomic E-state index is 4.73. The Labute approximate surface area is 153 Å². The van der Waals surface area contributed by atoms with Crippen LogP contribution in [0, 0.1) is 0 Å². The van der Waals surface area contributed by atoms with Crippen LogP contribution in [0.4, 0.5) is 0 Å². The standard InChI is InChI=1S/C20H13N7/c1-2-4-16-15(3-1)24-20(25-16)14-5-6-18-23-17(11-26(18)10-14)13-7-8-27-19(9-13)21-12-22-27/h1-12H,(H,24,25). The third-order valence-electron chi connectivity index (χ3n) is 4.69. The van der Waals surface area contributed by atoms with E-state index in [2.05, 4.69) is 20.1 Å². The number of aromatic nitrogens is 7. The van der Waals surface area contributed by atoms with Gasteiger partial charge in [-0.25, -0.2) is 19.5 Å². The summed E-state index contributed by atoms with van der Waals surface area (Å²) in [6.07, 6.45) is 7.49. The molecule has 27 heavy (non-hydrogen) atoms. The second-order valence-corrected chi connectivity index (χ2v) is 6.39. The number of imidazole rings is 2. The van der Waals surface area contributed by atoms with Crippen molar-refractivity contribution in [2.24, 2.45) is 0 Å². The van der Waals surface area contributed by atoms with Crippen molar-refractivity contribution < 1.29 is 0 Å². The van der Waals surface area contributed by atoms with Gasteiger partial charge in [0.05, 0.1) is 16.7 Å². The van der Waals surface area contributed by atoms with E-state index in [1.54, 1.807) is 10.8 Å². The van der Waals surface area contributed by atoms with Gasteiger partial charge in [0.1, 0.15) is 17.8 Å². The lowest BCUT2D eigenvalue weighted by Crippen LogP contribution is -1.87. The first-order valence-electron chi connectivity index (χ1n) is 8.57. The van der Waals surface area contributed by atoms with Crippen molar-refractivity contribution in [3.63, 3.8) is 0 Å². The Morgan fingerprint density at radius 3 is 2.78 bits per heavy atom. The number of para-hydroxylation sites is 2. The summed E-state index contributed by atoms with van der Waals surface area (Å²) in [4.78, 5) is 17.0. The average Bonchev–Trinajstić information content (AvgIpc) is 3.42. The molecule has 0 radical (unpaired) electrons. The van der Waals surface area contributed by atoms with Crippen LogP contribution in [0.5, 0.6) is 0 Å². The number of fused-ring (bicyclic) bond motifs is 3. The molecule has 5 heterocycles. The van der Waals surface area contributed by atoms with Gasteiger partial charge in [0.25, 0.3) is 0 Å². The Balaban J connectivity index is 1.46. The molecule has 7 nitrogen and oxygen atoms in total. The van der Waals surface area contributed by atoms with E-state index in [1.807, 2.05) is 71.5 Å². The number of nitrogens with one attached hydrogen (secondary N) is 1. The zero-order chi connectivity index (χ0) is 17.8. The molecule has 0 saturated heterocycles. The van der Waals surface area contributed by atoms with E-state index in [4.69, 9.17) is 4.98 Å². The molecule has 0 aliphatic rings. The van der Waals surface area contributed by atoms with Gasteiger partial charge in [0, 0.05) is 29.7 Å². The number of aromatic amines is 1. The minimum Gasteiger partial charge on any atom is -0.338 e. The minimum absolute atomic E-state index is 0.799. The monoisotopic (exact) mass is 351 g/mol. The van der Waals surface area contributed by atoms with E-state index < -0.39 is 0 Å². The summed E-state index contributed by atoms with van der Waals surface area (Å²) in [6, 6.07) is 16.0. The zero-order valence-corrected chi connectivity index (χ0v) is 14.1. The second kappa shape index (κ2) is 5.25. The SMILES string of the molecule is c1ccc2[nH]c(-c3ccc4nc(-c5ccn6ncnc6c5)cn4c3)nc2c1. The Kier molecular flexibility index (Phi) is 2.76. The van der Waals surface area contributed by atoms with E-state index in [0.717, 1.165) is 45.0 Å². The largest absolute Gasteiger partial charge is 0.338 e. The number of nitrogens with zero attached hydrogens (tertiary/aromatic N) is 6. The van der Waals surface area contributed by atoms with Gasteiger partial charge in [0.15, 0.2) is 5.65 Å². The summed E-state index contributed by atoms with van der Waals surface area (Å²) in [5.41, 5.74) is 6.57. The van der Waals surface area contributed by atoms with Crippen LogP contribution in [-0.2, 0) is 0 Å². The fourth-order valence-electron chi connectivity index (χ4n) is 3.34. The molecule has 0 aliphatic heterocycles. The first kappa shape index (κ1) is 14.2. The highest BCUT2D eigenvalue weighted by Gasteiger charge is 2.09. The lowest BCUT2D eigenvalue weighted by molar-refractivity contribution is 0.961. The molecule has 6 rings (SSSR count). The van der Waals surface area contributed by atoms with E-state index in [1.165, 1.54) is 0 Å². The van der Waals surface area contributed by atoms with Crippen LogP contribution in [0.3, 0.4) is 0 Å². The van der Waals surface area contributed by atoms with Crippen LogP contribution in [0.25, 0.3) is 45.0 Å². The summed E-state index contributed by atoms with van der Waals surface area (Å²) < 4.78 is 3.75. The predicted molar refractivity (Wildman–Crippen MR) is 102 cm³/mol. The normalized spacial score (nSPS) is 11.7. The van der Waals surface area contributed by atoms with Gasteiger partial charge in [0.2, 0.25) is 0 Å². The average molecular weight is 351 g/mol. The molecule has 0 spiro atoms. The van der Waals surface area contributed by atoms with E-state index in [9.17, 15) is 0 Å². The number of hydrogen-bond acceptors (Lipinski definition) is 4. The Hall–Kier alpha value is -4.00. The van der Waals surface area contributed by atoms with Crippen LogP contribution in [0.1, 0.15) is 0 Å². The van der Waals surface area contributed by atoms with Gasteiger partial charge in [-0.1, -0.05) is 12.1 Å². The number of rotatable bonds is 2. The molecule has 7 heteroatoms. The number of benzene rings is 1. The molecule has 0 saturated carbocycles. The summed E-state index contributed by atoms with van der Waals surface area (Å²) in [5, 5.41) is 4.13. The highest BCUT2D eigenvalue weighted by molar-refractivity contribution is 5.79. The summed E-state index contributed by atoms with van der Waals surface area (Å²) in [5.74, 6) is 0.846. The first-order valence-corrected chi connectivity index (χ1v) is 8.57. The lowest BCUT2D eigenvalue weighted by atomic mass is 10.2. The highest BCUT2D eigenvalue weighted by atomic mass is 15.3. The van der Waals surface area contributed by atoms with Crippen molar-refractivity contribution in [1.29, 1.82) is 0 Å². The molecule has 0 aliphatic carbocycles. The third-order valence-corrected chi connectivity index (χ3v) is 4.69. The number of hydrogen-bond donors (Lipinski definition) is 1. The Bertz CT molecular complexity index is 1400. The quantitative estimate of drug-likeness (QED) is 0.517. The molecule has 0 unspecified atom stereocenters. The van der Waals surface area contributed by atoms with Gasteiger partial charge in [-0.2, -0.15) is 5.10 Å². The van der Waals surface area contributed by atoms with Crippen LogP contribution < -0.4 is 0 Å². The van der Waals surface area contributed by atoms with Gasteiger partial charge in [-0.05, 0) is 36.4 Å². The fourth-order valence-corrected chi connectivity index (χ4v) is 3.34.